The van der Waals surface area contributed by atoms with Crippen LogP contribution in [0, 0.1) is 5.82 Å². The minimum Gasteiger partial charge on any atom is -0.405 e. The second-order valence-corrected chi connectivity index (χ2v) is 5.40. The molecule has 1 aromatic carbocycles. The molecule has 0 aliphatic heterocycles. The molecule has 2 aromatic heterocycles. The molecule has 0 radical (unpaired) electrons. The Bertz CT molecular complexity index is 1160. The van der Waals surface area contributed by atoms with Crippen LogP contribution in [0.15, 0.2) is 49.1 Å². The van der Waals surface area contributed by atoms with Gasteiger partial charge in [-0.3, -0.25) is 19.1 Å². The largest absolute Gasteiger partial charge is 0.405 e. The maximum atomic E-state index is 13.2. The number of fused-ring (bicyclic) bond motifs is 1. The van der Waals surface area contributed by atoms with Crippen LogP contribution in [-0.2, 0) is 13.0 Å². The molecule has 0 amide bonds. The first-order chi connectivity index (χ1) is 11.9. The summed E-state index contributed by atoms with van der Waals surface area (Å²) in [7, 11) is 0. The predicted octanol–water partition coefficient (Wildman–Crippen LogP) is 1.23. The summed E-state index contributed by atoms with van der Waals surface area (Å²) >= 11 is 0. The van der Waals surface area contributed by atoms with E-state index in [4.69, 9.17) is 4.42 Å². The van der Waals surface area contributed by atoms with E-state index in [0.717, 1.165) is 6.07 Å². The Balaban J connectivity index is 2.15. The molecule has 0 bridgehead atoms. The van der Waals surface area contributed by atoms with Crippen LogP contribution in [0.25, 0.3) is 11.1 Å². The Labute approximate surface area is 139 Å². The minimum absolute atomic E-state index is 0.0359. The van der Waals surface area contributed by atoms with Crippen LogP contribution in [0.4, 0.5) is 4.39 Å². The number of hydrogen-bond acceptors (Lipinski definition) is 5. The second-order valence-electron chi connectivity index (χ2n) is 5.40. The van der Waals surface area contributed by atoms with Gasteiger partial charge in [-0.05, 0) is 24.1 Å². The summed E-state index contributed by atoms with van der Waals surface area (Å²) in [5.41, 5.74) is -2.11. The zero-order chi connectivity index (χ0) is 18.1. The summed E-state index contributed by atoms with van der Waals surface area (Å²) < 4.78 is 18.8. The number of benzene rings is 1. The number of ketones is 1. The lowest BCUT2D eigenvalue weighted by Crippen LogP contribution is -2.38. The highest BCUT2D eigenvalue weighted by atomic mass is 19.1. The SMILES string of the molecule is CCc1cc(=O)oc2[nH]c(=O)n(CC(=O)c3cccc(F)c3)c(=O)c12. The van der Waals surface area contributed by atoms with Gasteiger partial charge in [0.15, 0.2) is 5.78 Å². The summed E-state index contributed by atoms with van der Waals surface area (Å²) in [4.78, 5) is 50.8. The van der Waals surface area contributed by atoms with E-state index in [0.29, 0.717) is 16.6 Å². The summed E-state index contributed by atoms with van der Waals surface area (Å²) in [6.07, 6.45) is 0.362. The van der Waals surface area contributed by atoms with Gasteiger partial charge in [-0.15, -0.1) is 0 Å². The first-order valence-electron chi connectivity index (χ1n) is 7.49. The Kier molecular flexibility index (Phi) is 4.18. The molecule has 0 unspecified atom stereocenters. The summed E-state index contributed by atoms with van der Waals surface area (Å²) in [6.45, 7) is 1.18. The molecule has 0 saturated carbocycles. The van der Waals surface area contributed by atoms with E-state index in [2.05, 4.69) is 4.98 Å². The molecule has 0 fully saturated rings. The fourth-order valence-electron chi connectivity index (χ4n) is 2.57. The third kappa shape index (κ3) is 3.06. The molecular weight excluding hydrogens is 331 g/mol. The molecule has 7 nitrogen and oxygen atoms in total. The normalized spacial score (nSPS) is 11.0. The van der Waals surface area contributed by atoms with Gasteiger partial charge in [0.05, 0.1) is 6.54 Å². The lowest BCUT2D eigenvalue weighted by Gasteiger charge is -2.07. The number of halogens is 1. The first-order valence-corrected chi connectivity index (χ1v) is 7.49. The van der Waals surface area contributed by atoms with Crippen LogP contribution in [0.5, 0.6) is 0 Å². The molecule has 8 heteroatoms. The molecule has 2 heterocycles. The number of carbonyl (C=O) groups is 1. The van der Waals surface area contributed by atoms with Crippen LogP contribution in [-0.4, -0.2) is 15.3 Å². The molecule has 0 atom stereocenters. The van der Waals surface area contributed by atoms with E-state index in [1.165, 1.54) is 24.3 Å². The van der Waals surface area contributed by atoms with E-state index in [-0.39, 0.29) is 16.7 Å². The van der Waals surface area contributed by atoms with E-state index in [9.17, 15) is 23.6 Å². The van der Waals surface area contributed by atoms with Crippen LogP contribution >= 0.6 is 0 Å². The fourth-order valence-corrected chi connectivity index (χ4v) is 2.57. The molecular formula is C17H13FN2O5. The van der Waals surface area contributed by atoms with Crippen molar-refractivity contribution in [1.82, 2.24) is 9.55 Å². The monoisotopic (exact) mass is 344 g/mol. The van der Waals surface area contributed by atoms with Crippen LogP contribution in [0.1, 0.15) is 22.8 Å². The predicted molar refractivity (Wildman–Crippen MR) is 87.5 cm³/mol. The second kappa shape index (κ2) is 6.31. The Morgan fingerprint density at radius 1 is 1.24 bits per heavy atom. The maximum absolute atomic E-state index is 13.2. The molecule has 0 spiro atoms. The highest BCUT2D eigenvalue weighted by molar-refractivity contribution is 5.96. The highest BCUT2D eigenvalue weighted by Gasteiger charge is 2.17. The number of aromatic nitrogens is 2. The van der Waals surface area contributed by atoms with Crippen molar-refractivity contribution >= 4 is 16.9 Å². The molecule has 1 N–H and O–H groups in total. The molecule has 0 aliphatic carbocycles. The van der Waals surface area contributed by atoms with Gasteiger partial charge < -0.3 is 4.42 Å². The van der Waals surface area contributed by atoms with Gasteiger partial charge in [0.2, 0.25) is 5.71 Å². The van der Waals surface area contributed by atoms with Crippen molar-refractivity contribution in [1.29, 1.82) is 0 Å². The Morgan fingerprint density at radius 2 is 2.00 bits per heavy atom. The number of rotatable bonds is 4. The first kappa shape index (κ1) is 16.6. The van der Waals surface area contributed by atoms with Crippen molar-refractivity contribution in [2.24, 2.45) is 0 Å². The number of nitrogens with one attached hydrogen (secondary N) is 1. The third-order valence-electron chi connectivity index (χ3n) is 3.80. The molecule has 128 valence electrons. The van der Waals surface area contributed by atoms with Gasteiger partial charge >= 0.3 is 11.3 Å². The van der Waals surface area contributed by atoms with Crippen LogP contribution in [0.3, 0.4) is 0 Å². The number of nitrogens with zero attached hydrogens (tertiary/aromatic N) is 1. The fraction of sp³-hybridized carbons (Fsp3) is 0.176. The molecule has 0 aliphatic rings. The molecule has 3 rings (SSSR count). The third-order valence-corrected chi connectivity index (χ3v) is 3.80. The molecule has 3 aromatic rings. The Hall–Kier alpha value is -3.29. The van der Waals surface area contributed by atoms with E-state index in [1.807, 2.05) is 0 Å². The summed E-state index contributed by atoms with van der Waals surface area (Å²) in [5, 5.41) is 0.0359. The molecule has 25 heavy (non-hydrogen) atoms. The van der Waals surface area contributed by atoms with Gasteiger partial charge in [0, 0.05) is 11.6 Å². The van der Waals surface area contributed by atoms with Gasteiger partial charge in [0.25, 0.3) is 5.56 Å². The summed E-state index contributed by atoms with van der Waals surface area (Å²) in [6, 6.07) is 6.13. The number of H-pyrrole nitrogens is 1. The minimum atomic E-state index is -0.890. The van der Waals surface area contributed by atoms with Crippen molar-refractivity contribution in [3.63, 3.8) is 0 Å². The Morgan fingerprint density at radius 3 is 2.68 bits per heavy atom. The van der Waals surface area contributed by atoms with Crippen molar-refractivity contribution in [2.75, 3.05) is 0 Å². The quantitative estimate of drug-likeness (QED) is 0.717. The lowest BCUT2D eigenvalue weighted by atomic mass is 10.1. The average molecular weight is 344 g/mol. The van der Waals surface area contributed by atoms with Gasteiger partial charge in [-0.25, -0.2) is 14.0 Å². The van der Waals surface area contributed by atoms with E-state index < -0.39 is 35.0 Å². The van der Waals surface area contributed by atoms with Gasteiger partial charge in [0.1, 0.15) is 11.2 Å². The lowest BCUT2D eigenvalue weighted by molar-refractivity contribution is 0.0968. The van der Waals surface area contributed by atoms with Crippen molar-refractivity contribution < 1.29 is 13.6 Å². The van der Waals surface area contributed by atoms with Crippen LogP contribution in [0.2, 0.25) is 0 Å². The zero-order valence-corrected chi connectivity index (χ0v) is 13.2. The smallest absolute Gasteiger partial charge is 0.337 e. The van der Waals surface area contributed by atoms with Gasteiger partial charge in [-0.1, -0.05) is 19.1 Å². The number of hydrogen-bond donors (Lipinski definition) is 1. The standard InChI is InChI=1S/C17H13FN2O5/c1-2-9-7-13(22)25-15-14(9)16(23)20(17(24)19-15)8-12(21)10-4-3-5-11(18)6-10/h3-7H,2,8H2,1H3,(H,19,24). The number of carbonyl (C=O) groups excluding carboxylic acids is 1. The number of aromatic amines is 1. The highest BCUT2D eigenvalue weighted by Crippen LogP contribution is 2.10. The van der Waals surface area contributed by atoms with E-state index in [1.54, 1.807) is 6.92 Å². The zero-order valence-electron chi connectivity index (χ0n) is 13.2. The number of Topliss-reactive ketones (excluding diaryl/α,β-unsaturated/α-hetero) is 1. The maximum Gasteiger partial charge on any atom is 0.337 e. The summed E-state index contributed by atoms with van der Waals surface area (Å²) in [5.74, 6) is -1.19. The average Bonchev–Trinajstić information content (AvgIpc) is 2.57. The van der Waals surface area contributed by atoms with Crippen molar-refractivity contribution in [3.8, 4) is 0 Å². The topological polar surface area (TPSA) is 102 Å². The van der Waals surface area contributed by atoms with Crippen molar-refractivity contribution in [3.05, 3.63) is 78.5 Å². The van der Waals surface area contributed by atoms with Gasteiger partial charge in [-0.2, -0.15) is 0 Å². The number of aryl methyl sites for hydroxylation is 1. The van der Waals surface area contributed by atoms with E-state index >= 15 is 0 Å². The molecule has 0 saturated heterocycles. The van der Waals surface area contributed by atoms with Crippen molar-refractivity contribution in [2.45, 2.75) is 19.9 Å². The van der Waals surface area contributed by atoms with Crippen LogP contribution < -0.4 is 16.9 Å².